The molecular weight excluding hydrogens is 250 g/mol. The van der Waals surface area contributed by atoms with Gasteiger partial charge in [-0.25, -0.2) is 13.6 Å². The standard InChI is InChI=1S/C15H18F2O2/c1-10(15(2,16)17)19-14(18)13-8-7-11-5-3-4-6-12(11)9-13/h7-10H,3-6H2,1-2H3. The molecule has 1 aromatic carbocycles. The first-order valence-electron chi connectivity index (χ1n) is 6.58. The maximum absolute atomic E-state index is 13.0. The summed E-state index contributed by atoms with van der Waals surface area (Å²) in [6.45, 7) is 1.95. The number of aryl methyl sites for hydroxylation is 2. The van der Waals surface area contributed by atoms with E-state index in [1.807, 2.05) is 6.07 Å². The van der Waals surface area contributed by atoms with Crippen LogP contribution in [0.15, 0.2) is 18.2 Å². The third-order valence-corrected chi connectivity index (χ3v) is 3.58. The fourth-order valence-corrected chi connectivity index (χ4v) is 2.19. The molecule has 0 N–H and O–H groups in total. The van der Waals surface area contributed by atoms with E-state index >= 15 is 0 Å². The van der Waals surface area contributed by atoms with E-state index in [-0.39, 0.29) is 0 Å². The second-order valence-corrected chi connectivity index (χ2v) is 5.19. The Balaban J connectivity index is 2.11. The van der Waals surface area contributed by atoms with Crippen LogP contribution in [-0.4, -0.2) is 18.0 Å². The van der Waals surface area contributed by atoms with E-state index < -0.39 is 18.0 Å². The number of hydrogen-bond donors (Lipinski definition) is 0. The molecule has 1 aromatic rings. The largest absolute Gasteiger partial charge is 0.453 e. The lowest BCUT2D eigenvalue weighted by Gasteiger charge is -2.20. The summed E-state index contributed by atoms with van der Waals surface area (Å²) in [6, 6.07) is 5.34. The zero-order valence-electron chi connectivity index (χ0n) is 11.2. The Morgan fingerprint density at radius 2 is 1.89 bits per heavy atom. The fraction of sp³-hybridized carbons (Fsp3) is 0.533. The smallest absolute Gasteiger partial charge is 0.338 e. The molecule has 0 aliphatic heterocycles. The predicted molar refractivity (Wildman–Crippen MR) is 68.6 cm³/mol. The third-order valence-electron chi connectivity index (χ3n) is 3.58. The highest BCUT2D eigenvalue weighted by atomic mass is 19.3. The van der Waals surface area contributed by atoms with Gasteiger partial charge in [0.25, 0.3) is 5.92 Å². The molecule has 2 rings (SSSR count). The van der Waals surface area contributed by atoms with E-state index in [1.54, 1.807) is 12.1 Å². The van der Waals surface area contributed by atoms with Crippen molar-refractivity contribution in [3.63, 3.8) is 0 Å². The van der Waals surface area contributed by atoms with Crippen molar-refractivity contribution < 1.29 is 18.3 Å². The predicted octanol–water partition coefficient (Wildman–Crippen LogP) is 3.77. The van der Waals surface area contributed by atoms with Crippen molar-refractivity contribution in [3.8, 4) is 0 Å². The lowest BCUT2D eigenvalue weighted by atomic mass is 9.90. The number of hydrogen-bond acceptors (Lipinski definition) is 2. The van der Waals surface area contributed by atoms with E-state index in [2.05, 4.69) is 0 Å². The second kappa shape index (κ2) is 5.27. The summed E-state index contributed by atoms with van der Waals surface area (Å²) in [5.41, 5.74) is 2.74. The highest BCUT2D eigenvalue weighted by Crippen LogP contribution is 2.24. The average molecular weight is 268 g/mol. The van der Waals surface area contributed by atoms with Crippen LogP contribution in [0.3, 0.4) is 0 Å². The molecule has 4 heteroatoms. The number of benzene rings is 1. The van der Waals surface area contributed by atoms with Gasteiger partial charge in [0.2, 0.25) is 0 Å². The van der Waals surface area contributed by atoms with Crippen molar-refractivity contribution in [2.45, 2.75) is 51.6 Å². The molecule has 0 bridgehead atoms. The maximum atomic E-state index is 13.0. The molecule has 19 heavy (non-hydrogen) atoms. The lowest BCUT2D eigenvalue weighted by molar-refractivity contribution is -0.0934. The summed E-state index contributed by atoms with van der Waals surface area (Å²) in [7, 11) is 0. The average Bonchev–Trinajstić information content (AvgIpc) is 2.37. The third kappa shape index (κ3) is 3.31. The van der Waals surface area contributed by atoms with Crippen LogP contribution in [0.2, 0.25) is 0 Å². The monoisotopic (exact) mass is 268 g/mol. The number of esters is 1. The van der Waals surface area contributed by atoms with Gasteiger partial charge in [0.1, 0.15) is 0 Å². The molecule has 0 radical (unpaired) electrons. The van der Waals surface area contributed by atoms with Gasteiger partial charge >= 0.3 is 5.97 Å². The van der Waals surface area contributed by atoms with Gasteiger partial charge in [-0.15, -0.1) is 0 Å². The van der Waals surface area contributed by atoms with Crippen LogP contribution in [-0.2, 0) is 17.6 Å². The Kier molecular flexibility index (Phi) is 3.88. The molecule has 1 atom stereocenters. The maximum Gasteiger partial charge on any atom is 0.338 e. The Labute approximate surface area is 111 Å². The second-order valence-electron chi connectivity index (χ2n) is 5.19. The van der Waals surface area contributed by atoms with Crippen LogP contribution >= 0.6 is 0 Å². The minimum Gasteiger partial charge on any atom is -0.453 e. The molecule has 1 unspecified atom stereocenters. The number of carbonyl (C=O) groups excluding carboxylic acids is 1. The number of fused-ring (bicyclic) bond motifs is 1. The van der Waals surface area contributed by atoms with Crippen LogP contribution in [0.25, 0.3) is 0 Å². The molecule has 0 saturated carbocycles. The van der Waals surface area contributed by atoms with Gasteiger partial charge in [0, 0.05) is 6.92 Å². The van der Waals surface area contributed by atoms with Crippen molar-refractivity contribution in [2.75, 3.05) is 0 Å². The van der Waals surface area contributed by atoms with Gasteiger partial charge < -0.3 is 4.74 Å². The quantitative estimate of drug-likeness (QED) is 0.780. The number of carbonyl (C=O) groups is 1. The number of ether oxygens (including phenoxy) is 1. The molecule has 0 saturated heterocycles. The van der Waals surface area contributed by atoms with Gasteiger partial charge in [-0.3, -0.25) is 0 Å². The molecule has 0 amide bonds. The van der Waals surface area contributed by atoms with Crippen molar-refractivity contribution in [1.82, 2.24) is 0 Å². The van der Waals surface area contributed by atoms with Gasteiger partial charge in [-0.1, -0.05) is 6.07 Å². The van der Waals surface area contributed by atoms with E-state index in [1.165, 1.54) is 12.5 Å². The molecule has 0 fully saturated rings. The summed E-state index contributed by atoms with van der Waals surface area (Å²) < 4.78 is 30.8. The van der Waals surface area contributed by atoms with E-state index in [4.69, 9.17) is 4.74 Å². The van der Waals surface area contributed by atoms with Gasteiger partial charge in [0.05, 0.1) is 5.56 Å². The van der Waals surface area contributed by atoms with E-state index in [0.29, 0.717) is 5.56 Å². The molecular formula is C15H18F2O2. The molecule has 2 nitrogen and oxygen atoms in total. The Hall–Kier alpha value is -1.45. The van der Waals surface area contributed by atoms with Crippen molar-refractivity contribution in [3.05, 3.63) is 34.9 Å². The van der Waals surface area contributed by atoms with Crippen molar-refractivity contribution in [1.29, 1.82) is 0 Å². The first kappa shape index (κ1) is 14.0. The SMILES string of the molecule is CC(OC(=O)c1ccc2c(c1)CCCC2)C(C)(F)F. The van der Waals surface area contributed by atoms with Crippen LogP contribution in [0, 0.1) is 0 Å². The zero-order valence-corrected chi connectivity index (χ0v) is 11.2. The highest BCUT2D eigenvalue weighted by molar-refractivity contribution is 5.89. The minimum atomic E-state index is -3.02. The fourth-order valence-electron chi connectivity index (χ4n) is 2.19. The Morgan fingerprint density at radius 1 is 1.26 bits per heavy atom. The summed E-state index contributed by atoms with van der Waals surface area (Å²) in [5.74, 6) is -3.70. The number of rotatable bonds is 3. The molecule has 1 aliphatic rings. The van der Waals surface area contributed by atoms with Crippen LogP contribution < -0.4 is 0 Å². The van der Waals surface area contributed by atoms with E-state index in [9.17, 15) is 13.6 Å². The summed E-state index contributed by atoms with van der Waals surface area (Å²) in [6.07, 6.45) is 2.81. The van der Waals surface area contributed by atoms with Crippen molar-refractivity contribution in [2.24, 2.45) is 0 Å². The van der Waals surface area contributed by atoms with Crippen LogP contribution in [0.4, 0.5) is 8.78 Å². The van der Waals surface area contributed by atoms with Crippen molar-refractivity contribution >= 4 is 5.97 Å². The Bertz CT molecular complexity index is 478. The first-order chi connectivity index (χ1) is 8.88. The van der Waals surface area contributed by atoms with Crippen LogP contribution in [0.1, 0.15) is 48.2 Å². The summed E-state index contributed by atoms with van der Waals surface area (Å²) >= 11 is 0. The first-order valence-corrected chi connectivity index (χ1v) is 6.58. The summed E-state index contributed by atoms with van der Waals surface area (Å²) in [5, 5.41) is 0. The van der Waals surface area contributed by atoms with E-state index in [0.717, 1.165) is 38.2 Å². The van der Waals surface area contributed by atoms with Gasteiger partial charge in [-0.05, 0) is 55.9 Å². The molecule has 104 valence electrons. The van der Waals surface area contributed by atoms with Crippen LogP contribution in [0.5, 0.6) is 0 Å². The lowest BCUT2D eigenvalue weighted by Crippen LogP contribution is -2.32. The Morgan fingerprint density at radius 3 is 2.53 bits per heavy atom. The topological polar surface area (TPSA) is 26.3 Å². The number of alkyl halides is 2. The molecule has 0 heterocycles. The van der Waals surface area contributed by atoms with Gasteiger partial charge in [-0.2, -0.15) is 0 Å². The normalized spacial score (nSPS) is 16.6. The van der Waals surface area contributed by atoms with Gasteiger partial charge in [0.15, 0.2) is 6.10 Å². The zero-order chi connectivity index (χ0) is 14.0. The molecule has 0 aromatic heterocycles. The molecule has 1 aliphatic carbocycles. The molecule has 0 spiro atoms. The number of halogens is 2. The summed E-state index contributed by atoms with van der Waals surface area (Å²) in [4.78, 5) is 11.8. The highest BCUT2D eigenvalue weighted by Gasteiger charge is 2.33. The minimum absolute atomic E-state index is 0.358.